The Bertz CT molecular complexity index is 528. The molecule has 0 radical (unpaired) electrons. The number of esters is 1. The molecule has 0 aliphatic carbocycles. The molecule has 1 atom stereocenters. The summed E-state index contributed by atoms with van der Waals surface area (Å²) in [5, 5.41) is 0. The number of hydrogen-bond acceptors (Lipinski definition) is 5. The molecule has 0 aromatic carbocycles. The van der Waals surface area contributed by atoms with Crippen LogP contribution in [0, 0.1) is 6.92 Å². The zero-order valence-corrected chi connectivity index (χ0v) is 12.2. The topological polar surface area (TPSA) is 70.4 Å². The van der Waals surface area contributed by atoms with Crippen molar-refractivity contribution in [3.8, 4) is 6.01 Å². The Morgan fingerprint density at radius 1 is 1.42 bits per heavy atom. The van der Waals surface area contributed by atoms with Crippen LogP contribution in [0.3, 0.4) is 0 Å². The van der Waals surface area contributed by atoms with Crippen LogP contribution in [0.2, 0.25) is 0 Å². The number of carbonyl (C=O) groups is 1. The highest BCUT2D eigenvalue weighted by molar-refractivity contribution is 5.74. The van der Waals surface area contributed by atoms with Crippen molar-refractivity contribution >= 4 is 5.97 Å². The number of ether oxygens (including phenoxy) is 2. The summed E-state index contributed by atoms with van der Waals surface area (Å²) in [7, 11) is 1.40. The van der Waals surface area contributed by atoms with Gasteiger partial charge in [0, 0.05) is 11.8 Å². The van der Waals surface area contributed by atoms with E-state index in [9.17, 15) is 9.59 Å². The molecule has 0 aliphatic heterocycles. The summed E-state index contributed by atoms with van der Waals surface area (Å²) in [5.41, 5.74) is -0.419. The van der Waals surface area contributed by atoms with Crippen molar-refractivity contribution in [2.45, 2.75) is 46.3 Å². The fourth-order valence-corrected chi connectivity index (χ4v) is 1.57. The van der Waals surface area contributed by atoms with Gasteiger partial charge in [0.1, 0.15) is 11.6 Å². The summed E-state index contributed by atoms with van der Waals surface area (Å²) in [6.45, 7) is 8.57. The van der Waals surface area contributed by atoms with Gasteiger partial charge in [-0.2, -0.15) is 0 Å². The minimum atomic E-state index is -0.797. The van der Waals surface area contributed by atoms with Crippen LogP contribution >= 0.6 is 0 Å². The molecular weight excluding hydrogens is 248 g/mol. The zero-order valence-electron chi connectivity index (χ0n) is 12.2. The molecule has 6 heteroatoms. The minimum Gasteiger partial charge on any atom is -0.468 e. The van der Waals surface area contributed by atoms with E-state index >= 15 is 0 Å². The zero-order chi connectivity index (χ0) is 14.8. The summed E-state index contributed by atoms with van der Waals surface area (Å²) < 4.78 is 11.5. The van der Waals surface area contributed by atoms with Gasteiger partial charge in [0.25, 0.3) is 11.6 Å². The quantitative estimate of drug-likeness (QED) is 0.776. The highest BCUT2D eigenvalue weighted by Gasteiger charge is 2.26. The van der Waals surface area contributed by atoms with Gasteiger partial charge in [-0.3, -0.25) is 4.79 Å². The molecule has 0 saturated heterocycles. The first-order valence-electron chi connectivity index (χ1n) is 6.02. The monoisotopic (exact) mass is 268 g/mol. The van der Waals surface area contributed by atoms with Crippen LogP contribution < -0.4 is 10.3 Å². The van der Waals surface area contributed by atoms with E-state index in [0.717, 1.165) is 0 Å². The molecule has 0 spiro atoms. The van der Waals surface area contributed by atoms with Crippen molar-refractivity contribution in [2.24, 2.45) is 0 Å². The first-order valence-corrected chi connectivity index (χ1v) is 6.02. The first kappa shape index (κ1) is 15.2. The molecule has 106 valence electrons. The molecular formula is C13H20N2O4. The van der Waals surface area contributed by atoms with Crippen LogP contribution in [-0.2, 0) is 9.53 Å². The Morgan fingerprint density at radius 3 is 2.47 bits per heavy atom. The molecule has 19 heavy (non-hydrogen) atoms. The maximum atomic E-state index is 12.0. The van der Waals surface area contributed by atoms with Gasteiger partial charge in [0.2, 0.25) is 0 Å². The van der Waals surface area contributed by atoms with Crippen LogP contribution in [-0.4, -0.2) is 28.2 Å². The Balaban J connectivity index is 3.16. The summed E-state index contributed by atoms with van der Waals surface area (Å²) in [6.07, 6.45) is 0. The van der Waals surface area contributed by atoms with Crippen molar-refractivity contribution in [1.82, 2.24) is 9.55 Å². The first-order chi connectivity index (χ1) is 8.65. The molecule has 1 aromatic rings. The average Bonchev–Trinajstić information content (AvgIpc) is 2.24. The van der Waals surface area contributed by atoms with Crippen LogP contribution in [0.1, 0.15) is 39.4 Å². The number of nitrogens with zero attached hydrogens (tertiary/aromatic N) is 2. The lowest BCUT2D eigenvalue weighted by Crippen LogP contribution is -2.34. The lowest BCUT2D eigenvalue weighted by molar-refractivity contribution is -0.158. The Labute approximate surface area is 112 Å². The van der Waals surface area contributed by atoms with Crippen molar-refractivity contribution in [1.29, 1.82) is 0 Å². The van der Waals surface area contributed by atoms with Crippen LogP contribution in [0.5, 0.6) is 6.01 Å². The highest BCUT2D eigenvalue weighted by Crippen LogP contribution is 2.17. The second-order valence-corrected chi connectivity index (χ2v) is 5.30. The molecule has 1 heterocycles. The molecule has 6 nitrogen and oxygen atoms in total. The summed E-state index contributed by atoms with van der Waals surface area (Å²) in [4.78, 5) is 28.1. The van der Waals surface area contributed by atoms with Crippen molar-refractivity contribution in [2.75, 3.05) is 7.11 Å². The predicted molar refractivity (Wildman–Crippen MR) is 70.3 cm³/mol. The van der Waals surface area contributed by atoms with E-state index < -0.39 is 17.6 Å². The third kappa shape index (κ3) is 3.81. The van der Waals surface area contributed by atoms with E-state index in [2.05, 4.69) is 4.98 Å². The van der Waals surface area contributed by atoms with E-state index in [4.69, 9.17) is 9.47 Å². The van der Waals surface area contributed by atoms with Gasteiger partial charge >= 0.3 is 5.97 Å². The second kappa shape index (κ2) is 5.42. The van der Waals surface area contributed by atoms with E-state index in [1.807, 2.05) is 0 Å². The predicted octanol–water partition coefficient (Wildman–Crippen LogP) is 1.46. The van der Waals surface area contributed by atoms with Gasteiger partial charge in [0.05, 0.1) is 7.11 Å². The molecule has 0 bridgehead atoms. The van der Waals surface area contributed by atoms with E-state index in [0.29, 0.717) is 5.69 Å². The van der Waals surface area contributed by atoms with E-state index in [1.165, 1.54) is 17.7 Å². The fourth-order valence-electron chi connectivity index (χ4n) is 1.57. The molecule has 0 N–H and O–H groups in total. The van der Waals surface area contributed by atoms with Crippen molar-refractivity contribution in [3.63, 3.8) is 0 Å². The smallest absolute Gasteiger partial charge is 0.329 e. The number of methoxy groups -OCH3 is 1. The van der Waals surface area contributed by atoms with Crippen LogP contribution in [0.25, 0.3) is 0 Å². The average molecular weight is 268 g/mol. The third-order valence-electron chi connectivity index (χ3n) is 2.37. The van der Waals surface area contributed by atoms with Gasteiger partial charge in [-0.1, -0.05) is 0 Å². The largest absolute Gasteiger partial charge is 0.468 e. The third-order valence-corrected chi connectivity index (χ3v) is 2.37. The number of rotatable bonds is 3. The molecule has 1 unspecified atom stereocenters. The van der Waals surface area contributed by atoms with Gasteiger partial charge < -0.3 is 9.47 Å². The Hall–Kier alpha value is -1.85. The number of carbonyl (C=O) groups excluding carboxylic acids is 1. The Kier molecular flexibility index (Phi) is 4.34. The van der Waals surface area contributed by atoms with E-state index in [-0.39, 0.29) is 11.6 Å². The van der Waals surface area contributed by atoms with Crippen LogP contribution in [0.4, 0.5) is 0 Å². The lowest BCUT2D eigenvalue weighted by atomic mass is 10.2. The minimum absolute atomic E-state index is 0.100. The standard InChI is InChI=1S/C13H20N2O4/c1-8-7-10(16)15(12(14-8)18-6)9(2)11(17)19-13(3,4)5/h7,9H,1-6H3. The van der Waals surface area contributed by atoms with Gasteiger partial charge in [-0.25, -0.2) is 14.3 Å². The maximum absolute atomic E-state index is 12.0. The molecule has 1 rings (SSSR count). The SMILES string of the molecule is COc1nc(C)cc(=O)n1C(C)C(=O)OC(C)(C)C. The molecule has 1 aromatic heterocycles. The van der Waals surface area contributed by atoms with Crippen molar-refractivity contribution in [3.05, 3.63) is 22.1 Å². The Morgan fingerprint density at radius 2 is 2.00 bits per heavy atom. The summed E-state index contributed by atoms with van der Waals surface area (Å²) in [6, 6.07) is 0.654. The second-order valence-electron chi connectivity index (χ2n) is 5.30. The van der Waals surface area contributed by atoms with Crippen LogP contribution in [0.15, 0.2) is 10.9 Å². The molecule has 0 amide bonds. The molecule has 0 aliphatic rings. The summed E-state index contributed by atoms with van der Waals surface area (Å²) >= 11 is 0. The normalized spacial score (nSPS) is 12.9. The van der Waals surface area contributed by atoms with Gasteiger partial charge in [-0.05, 0) is 34.6 Å². The number of aromatic nitrogens is 2. The van der Waals surface area contributed by atoms with Crippen molar-refractivity contribution < 1.29 is 14.3 Å². The molecule has 0 saturated carbocycles. The molecule has 0 fully saturated rings. The van der Waals surface area contributed by atoms with Gasteiger partial charge in [0.15, 0.2) is 0 Å². The summed E-state index contributed by atoms with van der Waals surface area (Å²) in [5.74, 6) is -0.501. The van der Waals surface area contributed by atoms with E-state index in [1.54, 1.807) is 34.6 Å². The maximum Gasteiger partial charge on any atom is 0.329 e. The number of hydrogen-bond donors (Lipinski definition) is 0. The highest BCUT2D eigenvalue weighted by atomic mass is 16.6. The number of aryl methyl sites for hydroxylation is 1. The fraction of sp³-hybridized carbons (Fsp3) is 0.615. The van der Waals surface area contributed by atoms with Gasteiger partial charge in [-0.15, -0.1) is 0 Å². The lowest BCUT2D eigenvalue weighted by Gasteiger charge is -2.23.